The normalized spacial score (nSPS) is 15.1. The minimum absolute atomic E-state index is 0.183. The molecule has 0 aromatic heterocycles. The van der Waals surface area contributed by atoms with Crippen molar-refractivity contribution in [3.63, 3.8) is 0 Å². The summed E-state index contributed by atoms with van der Waals surface area (Å²) in [4.78, 5) is 0.183. The average Bonchev–Trinajstić information content (AvgIpc) is 2.70. The minimum Gasteiger partial charge on any atom is -0.495 e. The summed E-state index contributed by atoms with van der Waals surface area (Å²) in [6, 6.07) is 10.4. The maximum atomic E-state index is 13.0. The molecular weight excluding hydrogens is 401 g/mol. The summed E-state index contributed by atoms with van der Waals surface area (Å²) >= 11 is 5.29. The van der Waals surface area contributed by atoms with Crippen LogP contribution >= 0.6 is 12.2 Å². The quantitative estimate of drug-likeness (QED) is 0.713. The largest absolute Gasteiger partial charge is 0.495 e. The topological polar surface area (TPSA) is 70.7 Å². The number of anilines is 2. The predicted molar refractivity (Wildman–Crippen MR) is 112 cm³/mol. The molecular formula is C19H22FN3O3S2. The molecule has 0 saturated carbocycles. The summed E-state index contributed by atoms with van der Waals surface area (Å²) in [5, 5.41) is 6.12. The van der Waals surface area contributed by atoms with Crippen LogP contribution in [0.2, 0.25) is 0 Å². The second-order valence-corrected chi connectivity index (χ2v) is 8.76. The van der Waals surface area contributed by atoms with Gasteiger partial charge < -0.3 is 15.4 Å². The van der Waals surface area contributed by atoms with Gasteiger partial charge in [0.05, 0.1) is 17.7 Å². The van der Waals surface area contributed by atoms with Crippen molar-refractivity contribution in [2.45, 2.75) is 24.2 Å². The number of hydrogen-bond acceptors (Lipinski definition) is 4. The van der Waals surface area contributed by atoms with Crippen molar-refractivity contribution in [3.8, 4) is 5.75 Å². The van der Waals surface area contributed by atoms with Crippen molar-refractivity contribution in [2.24, 2.45) is 0 Å². The highest BCUT2D eigenvalue weighted by Crippen LogP contribution is 2.30. The van der Waals surface area contributed by atoms with Crippen molar-refractivity contribution >= 4 is 38.7 Å². The third-order valence-electron chi connectivity index (χ3n) is 4.47. The Morgan fingerprint density at radius 2 is 1.75 bits per heavy atom. The molecule has 150 valence electrons. The number of ether oxygens (including phenoxy) is 1. The molecule has 1 heterocycles. The lowest BCUT2D eigenvalue weighted by molar-refractivity contribution is 0.346. The molecule has 9 heteroatoms. The Kier molecular flexibility index (Phi) is 6.48. The van der Waals surface area contributed by atoms with E-state index in [-0.39, 0.29) is 15.8 Å². The minimum atomic E-state index is -3.58. The van der Waals surface area contributed by atoms with Crippen molar-refractivity contribution in [1.29, 1.82) is 0 Å². The summed E-state index contributed by atoms with van der Waals surface area (Å²) in [6.45, 7) is 1.06. The molecule has 1 aliphatic rings. The molecule has 1 aliphatic heterocycles. The van der Waals surface area contributed by atoms with E-state index < -0.39 is 10.0 Å². The summed E-state index contributed by atoms with van der Waals surface area (Å²) in [5.41, 5.74) is 1.04. The molecule has 2 aromatic rings. The summed E-state index contributed by atoms with van der Waals surface area (Å²) < 4.78 is 45.7. The lowest BCUT2D eigenvalue weighted by Gasteiger charge is -2.26. The van der Waals surface area contributed by atoms with Gasteiger partial charge in [-0.3, -0.25) is 0 Å². The predicted octanol–water partition coefficient (Wildman–Crippen LogP) is 3.82. The number of halogens is 1. The van der Waals surface area contributed by atoms with E-state index in [1.807, 2.05) is 0 Å². The van der Waals surface area contributed by atoms with E-state index >= 15 is 0 Å². The van der Waals surface area contributed by atoms with E-state index in [4.69, 9.17) is 17.0 Å². The van der Waals surface area contributed by atoms with E-state index in [0.29, 0.717) is 30.2 Å². The zero-order chi connectivity index (χ0) is 20.1. The Hall–Kier alpha value is -2.23. The highest BCUT2D eigenvalue weighted by atomic mass is 32.2. The molecule has 0 aliphatic carbocycles. The summed E-state index contributed by atoms with van der Waals surface area (Å²) in [7, 11) is -2.08. The number of piperidine rings is 1. The van der Waals surface area contributed by atoms with Crippen LogP contribution in [0.15, 0.2) is 47.4 Å². The molecule has 0 radical (unpaired) electrons. The number of methoxy groups -OCH3 is 1. The fourth-order valence-corrected chi connectivity index (χ4v) is 4.79. The molecule has 0 atom stereocenters. The average molecular weight is 424 g/mol. The third kappa shape index (κ3) is 4.78. The molecule has 28 heavy (non-hydrogen) atoms. The van der Waals surface area contributed by atoms with Crippen LogP contribution in [0, 0.1) is 5.82 Å². The number of rotatable bonds is 5. The molecule has 0 amide bonds. The van der Waals surface area contributed by atoms with Crippen LogP contribution in [0.1, 0.15) is 19.3 Å². The molecule has 0 spiro atoms. The van der Waals surface area contributed by atoms with Gasteiger partial charge in [0, 0.05) is 18.8 Å². The number of nitrogens with one attached hydrogen (secondary N) is 2. The molecule has 1 fully saturated rings. The summed E-state index contributed by atoms with van der Waals surface area (Å²) in [5.74, 6) is 0.113. The molecule has 6 nitrogen and oxygen atoms in total. The Balaban J connectivity index is 1.80. The second kappa shape index (κ2) is 8.85. The first-order valence-electron chi connectivity index (χ1n) is 8.92. The number of nitrogens with zero attached hydrogens (tertiary/aromatic N) is 1. The van der Waals surface area contributed by atoms with Gasteiger partial charge in [0.1, 0.15) is 11.6 Å². The zero-order valence-electron chi connectivity index (χ0n) is 15.4. The van der Waals surface area contributed by atoms with Gasteiger partial charge in [-0.25, -0.2) is 12.8 Å². The van der Waals surface area contributed by atoms with Crippen molar-refractivity contribution in [2.75, 3.05) is 30.8 Å². The molecule has 0 bridgehead atoms. The van der Waals surface area contributed by atoms with Gasteiger partial charge in [-0.1, -0.05) is 6.42 Å². The second-order valence-electron chi connectivity index (χ2n) is 6.41. The molecule has 0 unspecified atom stereocenters. The smallest absolute Gasteiger partial charge is 0.243 e. The number of hydrogen-bond donors (Lipinski definition) is 2. The maximum absolute atomic E-state index is 13.0. The fraction of sp³-hybridized carbons (Fsp3) is 0.316. The zero-order valence-corrected chi connectivity index (χ0v) is 17.1. The standard InChI is InChI=1S/C19H22FN3O3S2/c1-26-18-10-9-16(28(24,25)23-11-3-2-4-12-23)13-17(18)22-19(27)21-15-7-5-14(20)6-8-15/h5-10,13H,2-4,11-12H2,1H3,(H2,21,22,27). The fourth-order valence-electron chi connectivity index (χ4n) is 3.02. The van der Waals surface area contributed by atoms with Crippen LogP contribution in [0.25, 0.3) is 0 Å². The number of thiocarbonyl (C=S) groups is 1. The van der Waals surface area contributed by atoms with Gasteiger partial charge in [0.25, 0.3) is 0 Å². The maximum Gasteiger partial charge on any atom is 0.243 e. The van der Waals surface area contributed by atoms with Crippen molar-refractivity contribution in [1.82, 2.24) is 4.31 Å². The Labute approximate surface area is 169 Å². The lowest BCUT2D eigenvalue weighted by atomic mass is 10.2. The Bertz CT molecular complexity index is 943. The van der Waals surface area contributed by atoms with Gasteiger partial charge in [0.2, 0.25) is 10.0 Å². The first-order chi connectivity index (χ1) is 13.4. The van der Waals surface area contributed by atoms with Gasteiger partial charge in [-0.15, -0.1) is 0 Å². The number of sulfonamides is 1. The van der Waals surface area contributed by atoms with Gasteiger partial charge in [-0.05, 0) is 67.5 Å². The van der Waals surface area contributed by atoms with Gasteiger partial charge in [-0.2, -0.15) is 4.31 Å². The Morgan fingerprint density at radius 1 is 1.07 bits per heavy atom. The first kappa shape index (κ1) is 20.5. The van der Waals surface area contributed by atoms with Crippen LogP contribution in [0.3, 0.4) is 0 Å². The lowest BCUT2D eigenvalue weighted by Crippen LogP contribution is -2.35. The number of benzene rings is 2. The summed E-state index contributed by atoms with van der Waals surface area (Å²) in [6.07, 6.45) is 2.78. The molecule has 2 aromatic carbocycles. The molecule has 3 rings (SSSR count). The Morgan fingerprint density at radius 3 is 2.39 bits per heavy atom. The molecule has 2 N–H and O–H groups in total. The van der Waals surface area contributed by atoms with E-state index in [1.165, 1.54) is 35.7 Å². The van der Waals surface area contributed by atoms with Crippen molar-refractivity contribution in [3.05, 3.63) is 48.3 Å². The van der Waals surface area contributed by atoms with Crippen LogP contribution in [0.5, 0.6) is 5.75 Å². The van der Waals surface area contributed by atoms with Crippen molar-refractivity contribution < 1.29 is 17.5 Å². The van der Waals surface area contributed by atoms with Gasteiger partial charge in [0.15, 0.2) is 5.11 Å². The van der Waals surface area contributed by atoms with Crippen LogP contribution in [-0.4, -0.2) is 38.0 Å². The highest BCUT2D eigenvalue weighted by molar-refractivity contribution is 7.89. The third-order valence-corrected chi connectivity index (χ3v) is 6.57. The monoisotopic (exact) mass is 423 g/mol. The van der Waals surface area contributed by atoms with Crippen LogP contribution in [-0.2, 0) is 10.0 Å². The van der Waals surface area contributed by atoms with E-state index in [2.05, 4.69) is 10.6 Å². The highest BCUT2D eigenvalue weighted by Gasteiger charge is 2.26. The first-order valence-corrected chi connectivity index (χ1v) is 10.8. The van der Waals surface area contributed by atoms with E-state index in [1.54, 1.807) is 18.2 Å². The van der Waals surface area contributed by atoms with Crippen LogP contribution in [0.4, 0.5) is 15.8 Å². The van der Waals surface area contributed by atoms with Crippen LogP contribution < -0.4 is 15.4 Å². The van der Waals surface area contributed by atoms with E-state index in [9.17, 15) is 12.8 Å². The van der Waals surface area contributed by atoms with Gasteiger partial charge >= 0.3 is 0 Å². The SMILES string of the molecule is COc1ccc(S(=O)(=O)N2CCCCC2)cc1NC(=S)Nc1ccc(F)cc1. The van der Waals surface area contributed by atoms with E-state index in [0.717, 1.165) is 19.3 Å². The molecule has 1 saturated heterocycles.